The Morgan fingerprint density at radius 2 is 1.96 bits per heavy atom. The number of halogens is 1. The van der Waals surface area contributed by atoms with Crippen LogP contribution in [0.15, 0.2) is 48.5 Å². The molecule has 1 heterocycles. The van der Waals surface area contributed by atoms with Crippen molar-refractivity contribution < 1.29 is 14.6 Å². The molecule has 0 fully saturated rings. The zero-order valence-corrected chi connectivity index (χ0v) is 14.6. The first-order valence-corrected chi connectivity index (χ1v) is 8.18. The Morgan fingerprint density at radius 3 is 2.56 bits per heavy atom. The fraction of sp³-hybridized carbons (Fsp3) is 0.158. The van der Waals surface area contributed by atoms with Gasteiger partial charge in [-0.15, -0.1) is 0 Å². The Labute approximate surface area is 150 Å². The molecule has 3 aromatic rings. The normalized spacial score (nSPS) is 10.7. The van der Waals surface area contributed by atoms with Gasteiger partial charge in [-0.3, -0.25) is 0 Å². The fourth-order valence-corrected chi connectivity index (χ4v) is 2.90. The second-order valence-electron chi connectivity index (χ2n) is 5.45. The average molecular weight is 357 g/mol. The Morgan fingerprint density at radius 1 is 1.24 bits per heavy atom. The first-order valence-electron chi connectivity index (χ1n) is 7.80. The van der Waals surface area contributed by atoms with Crippen LogP contribution in [0.25, 0.3) is 16.9 Å². The average Bonchev–Trinajstić information content (AvgIpc) is 3.02. The summed E-state index contributed by atoms with van der Waals surface area (Å²) in [6.07, 6.45) is 0.529. The van der Waals surface area contributed by atoms with Gasteiger partial charge in [0.15, 0.2) is 0 Å². The van der Waals surface area contributed by atoms with Gasteiger partial charge in [0, 0.05) is 10.6 Å². The number of aromatic carboxylic acids is 1. The van der Waals surface area contributed by atoms with Crippen molar-refractivity contribution >= 4 is 17.6 Å². The molecular formula is C19H17ClN2O3. The standard InChI is InChI=1S/C19H17ClN2O3/c1-3-16-17(19(23)24)18(12-5-4-6-15(11-12)25-2)21-22(16)14-9-7-13(20)8-10-14/h4-11H,3H2,1-2H3,(H,23,24). The molecule has 6 heteroatoms. The van der Waals surface area contributed by atoms with Crippen LogP contribution in [0.1, 0.15) is 23.0 Å². The van der Waals surface area contributed by atoms with Crippen molar-refractivity contribution in [2.45, 2.75) is 13.3 Å². The second kappa shape index (κ2) is 6.99. The molecule has 25 heavy (non-hydrogen) atoms. The number of carboxylic acids is 1. The summed E-state index contributed by atoms with van der Waals surface area (Å²) in [5.41, 5.74) is 2.70. The Bertz CT molecular complexity index is 917. The van der Waals surface area contributed by atoms with Crippen LogP contribution >= 0.6 is 11.6 Å². The molecule has 0 unspecified atom stereocenters. The highest BCUT2D eigenvalue weighted by Crippen LogP contribution is 2.30. The lowest BCUT2D eigenvalue weighted by molar-refractivity contribution is 0.0696. The van der Waals surface area contributed by atoms with Gasteiger partial charge in [-0.25, -0.2) is 9.48 Å². The number of rotatable bonds is 5. The van der Waals surface area contributed by atoms with Gasteiger partial charge in [0.1, 0.15) is 17.0 Å². The molecule has 1 aromatic heterocycles. The molecule has 0 amide bonds. The van der Waals surface area contributed by atoms with Crippen molar-refractivity contribution in [2.24, 2.45) is 0 Å². The molecule has 0 radical (unpaired) electrons. The maximum Gasteiger partial charge on any atom is 0.339 e. The zero-order chi connectivity index (χ0) is 18.0. The zero-order valence-electron chi connectivity index (χ0n) is 13.9. The van der Waals surface area contributed by atoms with E-state index in [-0.39, 0.29) is 5.56 Å². The number of benzene rings is 2. The predicted molar refractivity (Wildman–Crippen MR) is 96.9 cm³/mol. The van der Waals surface area contributed by atoms with Crippen molar-refractivity contribution in [3.05, 3.63) is 64.8 Å². The summed E-state index contributed by atoms with van der Waals surface area (Å²) in [4.78, 5) is 11.9. The summed E-state index contributed by atoms with van der Waals surface area (Å²) in [7, 11) is 1.57. The van der Waals surface area contributed by atoms with Crippen LogP contribution in [0.5, 0.6) is 5.75 Å². The summed E-state index contributed by atoms with van der Waals surface area (Å²) in [5.74, 6) is -0.359. The van der Waals surface area contributed by atoms with Gasteiger partial charge in [0.2, 0.25) is 0 Å². The number of hydrogen-bond acceptors (Lipinski definition) is 3. The molecule has 0 aliphatic heterocycles. The molecule has 0 saturated heterocycles. The smallest absolute Gasteiger partial charge is 0.339 e. The van der Waals surface area contributed by atoms with Crippen LogP contribution in [0.3, 0.4) is 0 Å². The minimum absolute atomic E-state index is 0.200. The van der Waals surface area contributed by atoms with Gasteiger partial charge >= 0.3 is 5.97 Å². The van der Waals surface area contributed by atoms with Crippen LogP contribution in [0.2, 0.25) is 5.02 Å². The van der Waals surface area contributed by atoms with Gasteiger partial charge in [-0.05, 0) is 42.8 Å². The van der Waals surface area contributed by atoms with Gasteiger partial charge in [-0.2, -0.15) is 5.10 Å². The van der Waals surface area contributed by atoms with E-state index in [4.69, 9.17) is 16.3 Å². The SMILES string of the molecule is CCc1c(C(=O)O)c(-c2cccc(OC)c2)nn1-c1ccc(Cl)cc1. The van der Waals surface area contributed by atoms with Crippen LogP contribution in [-0.4, -0.2) is 28.0 Å². The monoisotopic (exact) mass is 356 g/mol. The van der Waals surface area contributed by atoms with E-state index in [1.165, 1.54) is 0 Å². The molecule has 3 rings (SSSR count). The largest absolute Gasteiger partial charge is 0.497 e. The number of ether oxygens (including phenoxy) is 1. The Hall–Kier alpha value is -2.79. The number of carbonyl (C=O) groups is 1. The quantitative estimate of drug-likeness (QED) is 0.733. The third-order valence-corrected chi connectivity index (χ3v) is 4.20. The lowest BCUT2D eigenvalue weighted by Gasteiger charge is -2.06. The van der Waals surface area contributed by atoms with Crippen molar-refractivity contribution in [1.82, 2.24) is 9.78 Å². The highest BCUT2D eigenvalue weighted by Gasteiger charge is 2.24. The van der Waals surface area contributed by atoms with E-state index in [1.807, 2.05) is 31.2 Å². The molecule has 1 N–H and O–H groups in total. The van der Waals surface area contributed by atoms with Crippen LogP contribution < -0.4 is 4.74 Å². The van der Waals surface area contributed by atoms with Gasteiger partial charge in [-0.1, -0.05) is 30.7 Å². The van der Waals surface area contributed by atoms with E-state index in [0.717, 1.165) is 5.69 Å². The fourth-order valence-electron chi connectivity index (χ4n) is 2.77. The lowest BCUT2D eigenvalue weighted by Crippen LogP contribution is -2.05. The van der Waals surface area contributed by atoms with E-state index in [2.05, 4.69) is 5.10 Å². The molecule has 5 nitrogen and oxygen atoms in total. The van der Waals surface area contributed by atoms with Gasteiger partial charge in [0.25, 0.3) is 0 Å². The maximum absolute atomic E-state index is 11.9. The molecule has 2 aromatic carbocycles. The Balaban J connectivity index is 2.24. The van der Waals surface area contributed by atoms with E-state index in [1.54, 1.807) is 36.1 Å². The van der Waals surface area contributed by atoms with Crippen LogP contribution in [-0.2, 0) is 6.42 Å². The first-order chi connectivity index (χ1) is 12.0. The lowest BCUT2D eigenvalue weighted by atomic mass is 10.0. The molecule has 0 spiro atoms. The number of aromatic nitrogens is 2. The number of carboxylic acid groups (broad SMARTS) is 1. The molecule has 0 bridgehead atoms. The number of methoxy groups -OCH3 is 1. The molecule has 0 aliphatic carbocycles. The summed E-state index contributed by atoms with van der Waals surface area (Å²) in [5, 5.41) is 15.0. The summed E-state index contributed by atoms with van der Waals surface area (Å²) in [6, 6.07) is 14.4. The van der Waals surface area contributed by atoms with Gasteiger partial charge < -0.3 is 9.84 Å². The van der Waals surface area contributed by atoms with E-state index < -0.39 is 5.97 Å². The topological polar surface area (TPSA) is 64.3 Å². The van der Waals surface area contributed by atoms with Crippen molar-refractivity contribution in [3.8, 4) is 22.7 Å². The van der Waals surface area contributed by atoms with E-state index in [9.17, 15) is 9.90 Å². The van der Waals surface area contributed by atoms with Crippen LogP contribution in [0, 0.1) is 0 Å². The number of hydrogen-bond donors (Lipinski definition) is 1. The van der Waals surface area contributed by atoms with E-state index >= 15 is 0 Å². The molecule has 0 saturated carbocycles. The summed E-state index contributed by atoms with van der Waals surface area (Å²) < 4.78 is 6.90. The summed E-state index contributed by atoms with van der Waals surface area (Å²) in [6.45, 7) is 1.91. The first kappa shape index (κ1) is 17.0. The minimum atomic E-state index is -1.00. The van der Waals surface area contributed by atoms with Crippen molar-refractivity contribution in [3.63, 3.8) is 0 Å². The molecule has 0 atom stereocenters. The van der Waals surface area contributed by atoms with Crippen LogP contribution in [0.4, 0.5) is 0 Å². The molecule has 0 aliphatic rings. The highest BCUT2D eigenvalue weighted by atomic mass is 35.5. The minimum Gasteiger partial charge on any atom is -0.497 e. The highest BCUT2D eigenvalue weighted by molar-refractivity contribution is 6.30. The predicted octanol–water partition coefficient (Wildman–Crippen LogP) is 4.46. The third-order valence-electron chi connectivity index (χ3n) is 3.94. The third kappa shape index (κ3) is 3.23. The van der Waals surface area contributed by atoms with Gasteiger partial charge in [0.05, 0.1) is 18.5 Å². The molecular weight excluding hydrogens is 340 g/mol. The van der Waals surface area contributed by atoms with E-state index in [0.29, 0.717) is 34.1 Å². The maximum atomic E-state index is 11.9. The summed E-state index contributed by atoms with van der Waals surface area (Å²) >= 11 is 5.95. The number of nitrogens with zero attached hydrogens (tertiary/aromatic N) is 2. The van der Waals surface area contributed by atoms with Crippen molar-refractivity contribution in [2.75, 3.05) is 7.11 Å². The van der Waals surface area contributed by atoms with Crippen molar-refractivity contribution in [1.29, 1.82) is 0 Å². The Kier molecular flexibility index (Phi) is 4.76. The molecule has 128 valence electrons. The second-order valence-corrected chi connectivity index (χ2v) is 5.89.